The number of hydrogen-bond donors (Lipinski definition) is 1. The van der Waals surface area contributed by atoms with Crippen LogP contribution in [0.4, 0.5) is 0 Å². The molecular weight excluding hydrogens is 322 g/mol. The highest BCUT2D eigenvalue weighted by Crippen LogP contribution is 2.33. The molecule has 1 aliphatic rings. The summed E-state index contributed by atoms with van der Waals surface area (Å²) in [6.07, 6.45) is 0.621. The fraction of sp³-hybridized carbons (Fsp3) is 0.632. The summed E-state index contributed by atoms with van der Waals surface area (Å²) in [7, 11) is 3.19. The van der Waals surface area contributed by atoms with Crippen LogP contribution in [-0.4, -0.2) is 45.7 Å². The molecule has 0 radical (unpaired) electrons. The fourth-order valence-electron chi connectivity index (χ4n) is 3.11. The zero-order valence-electron chi connectivity index (χ0n) is 15.8. The second-order valence-corrected chi connectivity index (χ2v) is 6.71. The van der Waals surface area contributed by atoms with Crippen molar-refractivity contribution in [1.82, 2.24) is 5.32 Å². The van der Waals surface area contributed by atoms with Gasteiger partial charge in [0.05, 0.1) is 33.4 Å². The maximum atomic E-state index is 12.8. The zero-order valence-corrected chi connectivity index (χ0v) is 15.8. The molecule has 1 unspecified atom stereocenters. The molecule has 6 heteroatoms. The van der Waals surface area contributed by atoms with Crippen molar-refractivity contribution in [3.63, 3.8) is 0 Å². The van der Waals surface area contributed by atoms with Crippen LogP contribution in [-0.2, 0) is 14.3 Å². The molecule has 1 aromatic carbocycles. The fourth-order valence-corrected chi connectivity index (χ4v) is 3.11. The monoisotopic (exact) mass is 351 g/mol. The van der Waals surface area contributed by atoms with Crippen LogP contribution in [0.1, 0.15) is 38.7 Å². The maximum absolute atomic E-state index is 12.8. The van der Waals surface area contributed by atoms with Crippen LogP contribution in [0, 0.1) is 5.92 Å². The van der Waals surface area contributed by atoms with Gasteiger partial charge < -0.3 is 24.3 Å². The molecule has 25 heavy (non-hydrogen) atoms. The number of hydrogen-bond acceptors (Lipinski definition) is 5. The Kier molecular flexibility index (Phi) is 6.67. The number of ether oxygens (including phenoxy) is 4. The number of benzene rings is 1. The lowest BCUT2D eigenvalue weighted by Crippen LogP contribution is -2.37. The first-order chi connectivity index (χ1) is 11.9. The molecular formula is C19H29NO5. The quantitative estimate of drug-likeness (QED) is 0.780. The second kappa shape index (κ2) is 8.54. The minimum absolute atomic E-state index is 0.0104. The van der Waals surface area contributed by atoms with Crippen LogP contribution in [0.3, 0.4) is 0 Å². The summed E-state index contributed by atoms with van der Waals surface area (Å²) in [6, 6.07) is 5.61. The Morgan fingerprint density at radius 3 is 2.40 bits per heavy atom. The van der Waals surface area contributed by atoms with E-state index in [-0.39, 0.29) is 17.7 Å². The van der Waals surface area contributed by atoms with E-state index in [4.69, 9.17) is 18.9 Å². The van der Waals surface area contributed by atoms with Gasteiger partial charge in [0.25, 0.3) is 0 Å². The number of methoxy groups -OCH3 is 2. The lowest BCUT2D eigenvalue weighted by atomic mass is 9.87. The number of nitrogens with one attached hydrogen (secondary N) is 1. The van der Waals surface area contributed by atoms with Gasteiger partial charge in [-0.3, -0.25) is 4.79 Å². The van der Waals surface area contributed by atoms with Crippen LogP contribution in [0.25, 0.3) is 0 Å². The molecule has 0 bridgehead atoms. The van der Waals surface area contributed by atoms with E-state index < -0.39 is 5.79 Å². The van der Waals surface area contributed by atoms with Crippen molar-refractivity contribution in [2.75, 3.05) is 34.0 Å². The van der Waals surface area contributed by atoms with Gasteiger partial charge in [-0.25, -0.2) is 0 Å². The predicted molar refractivity (Wildman–Crippen MR) is 95.1 cm³/mol. The predicted octanol–water partition coefficient (Wildman–Crippen LogP) is 2.71. The highest BCUT2D eigenvalue weighted by Gasteiger charge is 2.31. The van der Waals surface area contributed by atoms with E-state index in [9.17, 15) is 4.79 Å². The molecule has 2 rings (SSSR count). The number of amides is 1. The molecule has 1 aromatic rings. The van der Waals surface area contributed by atoms with Crippen molar-refractivity contribution in [1.29, 1.82) is 0 Å². The third kappa shape index (κ3) is 4.86. The van der Waals surface area contributed by atoms with Crippen LogP contribution in [0.15, 0.2) is 18.2 Å². The molecule has 1 amide bonds. The first-order valence-electron chi connectivity index (χ1n) is 8.67. The molecule has 1 N–H and O–H groups in total. The molecule has 6 nitrogen and oxygen atoms in total. The van der Waals surface area contributed by atoms with Gasteiger partial charge >= 0.3 is 0 Å². The van der Waals surface area contributed by atoms with Crippen molar-refractivity contribution in [2.24, 2.45) is 5.92 Å². The van der Waals surface area contributed by atoms with E-state index in [1.807, 2.05) is 39.0 Å². The van der Waals surface area contributed by atoms with Crippen LogP contribution >= 0.6 is 0 Å². The Morgan fingerprint density at radius 2 is 1.84 bits per heavy atom. The van der Waals surface area contributed by atoms with Crippen LogP contribution in [0.2, 0.25) is 0 Å². The molecule has 1 atom stereocenters. The van der Waals surface area contributed by atoms with E-state index in [2.05, 4.69) is 5.32 Å². The van der Waals surface area contributed by atoms with E-state index in [1.165, 1.54) is 0 Å². The van der Waals surface area contributed by atoms with Crippen molar-refractivity contribution >= 4 is 5.91 Å². The molecule has 1 heterocycles. The van der Waals surface area contributed by atoms with Gasteiger partial charge in [0.2, 0.25) is 5.91 Å². The van der Waals surface area contributed by atoms with Gasteiger partial charge in [0, 0.05) is 13.0 Å². The average Bonchev–Trinajstić information content (AvgIpc) is 3.01. The van der Waals surface area contributed by atoms with E-state index >= 15 is 0 Å². The lowest BCUT2D eigenvalue weighted by molar-refractivity contribution is -0.146. The van der Waals surface area contributed by atoms with Gasteiger partial charge in [0.15, 0.2) is 17.3 Å². The Bertz CT molecular complexity index is 581. The normalized spacial score (nSPS) is 17.4. The average molecular weight is 351 g/mol. The largest absolute Gasteiger partial charge is 0.493 e. The zero-order chi connectivity index (χ0) is 18.4. The molecule has 0 spiro atoms. The van der Waals surface area contributed by atoms with E-state index in [0.717, 1.165) is 5.56 Å². The van der Waals surface area contributed by atoms with E-state index in [0.29, 0.717) is 37.7 Å². The number of carbonyl (C=O) groups is 1. The Hall–Kier alpha value is -1.79. The molecule has 0 aromatic heterocycles. The smallest absolute Gasteiger partial charge is 0.227 e. The standard InChI is InChI=1S/C19H29NO5/c1-13(2)17(14-6-7-15(22-4)16(12-14)23-5)18(21)20-9-8-19(3)24-10-11-25-19/h6-7,12-13,17H,8-11H2,1-5H3,(H,20,21). The van der Waals surface area contributed by atoms with Gasteiger partial charge in [-0.05, 0) is 30.5 Å². The molecule has 1 fully saturated rings. The van der Waals surface area contributed by atoms with Crippen molar-refractivity contribution < 1.29 is 23.7 Å². The Morgan fingerprint density at radius 1 is 1.20 bits per heavy atom. The topological polar surface area (TPSA) is 66.0 Å². The third-order valence-corrected chi connectivity index (χ3v) is 4.49. The van der Waals surface area contributed by atoms with Crippen molar-refractivity contribution in [2.45, 2.75) is 38.9 Å². The lowest BCUT2D eigenvalue weighted by Gasteiger charge is -2.25. The summed E-state index contributed by atoms with van der Waals surface area (Å²) in [4.78, 5) is 12.8. The summed E-state index contributed by atoms with van der Waals surface area (Å²) >= 11 is 0. The highest BCUT2D eigenvalue weighted by molar-refractivity contribution is 5.84. The summed E-state index contributed by atoms with van der Waals surface area (Å²) in [6.45, 7) is 7.68. The van der Waals surface area contributed by atoms with E-state index in [1.54, 1.807) is 14.2 Å². The van der Waals surface area contributed by atoms with Crippen molar-refractivity contribution in [3.8, 4) is 11.5 Å². The minimum Gasteiger partial charge on any atom is -0.493 e. The maximum Gasteiger partial charge on any atom is 0.227 e. The SMILES string of the molecule is COc1ccc(C(C(=O)NCCC2(C)OCCO2)C(C)C)cc1OC. The van der Waals surface area contributed by atoms with Crippen LogP contribution < -0.4 is 14.8 Å². The summed E-state index contributed by atoms with van der Waals surface area (Å²) in [5.41, 5.74) is 0.907. The first-order valence-corrected chi connectivity index (χ1v) is 8.67. The molecule has 1 aliphatic heterocycles. The molecule has 0 saturated carbocycles. The second-order valence-electron chi connectivity index (χ2n) is 6.71. The molecule has 140 valence electrons. The number of carbonyl (C=O) groups excluding carboxylic acids is 1. The summed E-state index contributed by atoms with van der Waals surface area (Å²) in [5, 5.41) is 3.01. The van der Waals surface area contributed by atoms with Gasteiger partial charge in [-0.15, -0.1) is 0 Å². The first kappa shape index (κ1) is 19.5. The molecule has 0 aliphatic carbocycles. The Balaban J connectivity index is 2.05. The molecule has 1 saturated heterocycles. The summed E-state index contributed by atoms with van der Waals surface area (Å²) in [5.74, 6) is 0.551. The van der Waals surface area contributed by atoms with Gasteiger partial charge in [-0.2, -0.15) is 0 Å². The summed E-state index contributed by atoms with van der Waals surface area (Å²) < 4.78 is 21.8. The number of rotatable bonds is 8. The highest BCUT2D eigenvalue weighted by atomic mass is 16.7. The third-order valence-electron chi connectivity index (χ3n) is 4.49. The Labute approximate surface area is 149 Å². The minimum atomic E-state index is -0.593. The van der Waals surface area contributed by atoms with Gasteiger partial charge in [-0.1, -0.05) is 19.9 Å². The van der Waals surface area contributed by atoms with Crippen molar-refractivity contribution in [3.05, 3.63) is 23.8 Å². The van der Waals surface area contributed by atoms with Gasteiger partial charge in [0.1, 0.15) is 0 Å². The van der Waals surface area contributed by atoms with Crippen LogP contribution in [0.5, 0.6) is 11.5 Å².